The van der Waals surface area contributed by atoms with Gasteiger partial charge in [-0.2, -0.15) is 4.98 Å². The van der Waals surface area contributed by atoms with Crippen molar-refractivity contribution in [1.82, 2.24) is 15.0 Å². The third-order valence-corrected chi connectivity index (χ3v) is 3.16. The first-order chi connectivity index (χ1) is 8.81. The molecule has 1 aromatic heterocycles. The Morgan fingerprint density at radius 3 is 2.83 bits per heavy atom. The van der Waals surface area contributed by atoms with Gasteiger partial charge in [-0.1, -0.05) is 12.1 Å². The first kappa shape index (κ1) is 13.5. The Labute approximate surface area is 107 Å². The van der Waals surface area contributed by atoms with Gasteiger partial charge in [0, 0.05) is 19.5 Å². The molecule has 6 nitrogen and oxygen atoms in total. The molecule has 1 aliphatic heterocycles. The van der Waals surface area contributed by atoms with Gasteiger partial charge in [0.05, 0.1) is 25.9 Å². The zero-order valence-electron chi connectivity index (χ0n) is 10.8. The number of aryl methyl sites for hydroxylation is 1. The Bertz CT molecular complexity index is 348. The molecule has 0 aliphatic carbocycles. The second-order valence-corrected chi connectivity index (χ2v) is 4.53. The number of rotatable bonds is 6. The fourth-order valence-corrected chi connectivity index (χ4v) is 2.14. The molecule has 1 N–H and O–H groups in total. The largest absolute Gasteiger partial charge is 0.394 e. The normalized spacial score (nSPS) is 18.3. The van der Waals surface area contributed by atoms with Crippen LogP contribution in [-0.4, -0.2) is 52.6 Å². The van der Waals surface area contributed by atoms with Crippen LogP contribution in [0.15, 0.2) is 4.52 Å². The monoisotopic (exact) mass is 255 g/mol. The van der Waals surface area contributed by atoms with E-state index in [0.29, 0.717) is 12.5 Å². The number of aromatic nitrogens is 2. The highest BCUT2D eigenvalue weighted by atomic mass is 16.5. The smallest absolute Gasteiger partial charge is 0.240 e. The number of hydrogen-bond donors (Lipinski definition) is 1. The zero-order valence-corrected chi connectivity index (χ0v) is 10.8. The van der Waals surface area contributed by atoms with E-state index in [1.165, 1.54) is 0 Å². The van der Waals surface area contributed by atoms with Gasteiger partial charge in [0.15, 0.2) is 5.82 Å². The molecule has 2 rings (SSSR count). The van der Waals surface area contributed by atoms with Crippen LogP contribution in [0.3, 0.4) is 0 Å². The lowest BCUT2D eigenvalue weighted by atomic mass is 10.1. The van der Waals surface area contributed by atoms with Crippen LogP contribution in [-0.2, 0) is 17.7 Å². The van der Waals surface area contributed by atoms with E-state index in [-0.39, 0.29) is 12.7 Å². The molecule has 0 amide bonds. The van der Waals surface area contributed by atoms with Crippen molar-refractivity contribution in [2.75, 3.05) is 26.3 Å². The molecule has 0 unspecified atom stereocenters. The standard InChI is InChI=1S/C12H21N3O3/c1-2-11-13-12(18-14-11)9-15-5-3-10(4-6-15)17-8-7-16/h10,16H,2-9H2,1H3. The summed E-state index contributed by atoms with van der Waals surface area (Å²) in [5.41, 5.74) is 0. The summed E-state index contributed by atoms with van der Waals surface area (Å²) in [6, 6.07) is 0. The Morgan fingerprint density at radius 1 is 1.44 bits per heavy atom. The van der Waals surface area contributed by atoms with E-state index in [9.17, 15) is 0 Å². The number of nitrogens with zero attached hydrogens (tertiary/aromatic N) is 3. The third kappa shape index (κ3) is 3.76. The number of piperidine rings is 1. The molecule has 1 aliphatic rings. The van der Waals surface area contributed by atoms with Crippen molar-refractivity contribution in [2.45, 2.75) is 38.8 Å². The van der Waals surface area contributed by atoms with Gasteiger partial charge in [-0.15, -0.1) is 0 Å². The minimum atomic E-state index is 0.0992. The van der Waals surface area contributed by atoms with Crippen LogP contribution in [0.5, 0.6) is 0 Å². The Kier molecular flexibility index (Phi) is 5.10. The highest BCUT2D eigenvalue weighted by Gasteiger charge is 2.21. The first-order valence-electron chi connectivity index (χ1n) is 6.58. The van der Waals surface area contributed by atoms with E-state index in [2.05, 4.69) is 15.0 Å². The lowest BCUT2D eigenvalue weighted by molar-refractivity contribution is -0.0104. The number of aliphatic hydroxyl groups is 1. The molecule has 1 fully saturated rings. The van der Waals surface area contributed by atoms with Crippen LogP contribution in [0.1, 0.15) is 31.5 Å². The average Bonchev–Trinajstić information content (AvgIpc) is 2.86. The molecule has 18 heavy (non-hydrogen) atoms. The number of ether oxygens (including phenoxy) is 1. The summed E-state index contributed by atoms with van der Waals surface area (Å²) in [4.78, 5) is 6.61. The van der Waals surface area contributed by atoms with Crippen molar-refractivity contribution >= 4 is 0 Å². The maximum Gasteiger partial charge on any atom is 0.240 e. The first-order valence-corrected chi connectivity index (χ1v) is 6.58. The van der Waals surface area contributed by atoms with Gasteiger partial charge in [-0.05, 0) is 12.8 Å². The van der Waals surface area contributed by atoms with Crippen LogP contribution in [0, 0.1) is 0 Å². The van der Waals surface area contributed by atoms with E-state index in [1.54, 1.807) is 0 Å². The summed E-state index contributed by atoms with van der Waals surface area (Å²) < 4.78 is 10.7. The highest BCUT2D eigenvalue weighted by molar-refractivity contribution is 4.86. The van der Waals surface area contributed by atoms with E-state index < -0.39 is 0 Å². The average molecular weight is 255 g/mol. The molecule has 0 spiro atoms. The van der Waals surface area contributed by atoms with Crippen molar-refractivity contribution in [3.8, 4) is 0 Å². The fraction of sp³-hybridized carbons (Fsp3) is 0.833. The number of aliphatic hydroxyl groups excluding tert-OH is 1. The van der Waals surface area contributed by atoms with Crippen LogP contribution in [0.2, 0.25) is 0 Å². The van der Waals surface area contributed by atoms with Crippen LogP contribution < -0.4 is 0 Å². The molecular weight excluding hydrogens is 234 g/mol. The molecular formula is C12H21N3O3. The molecule has 1 aromatic rings. The molecule has 0 atom stereocenters. The molecule has 6 heteroatoms. The molecule has 0 radical (unpaired) electrons. The van der Waals surface area contributed by atoms with Crippen LogP contribution in [0.4, 0.5) is 0 Å². The maximum atomic E-state index is 8.71. The van der Waals surface area contributed by atoms with Crippen molar-refractivity contribution in [1.29, 1.82) is 0 Å². The van der Waals surface area contributed by atoms with Crippen LogP contribution in [0.25, 0.3) is 0 Å². The molecule has 102 valence electrons. The molecule has 2 heterocycles. The SMILES string of the molecule is CCc1noc(CN2CCC(OCCO)CC2)n1. The molecule has 0 bridgehead atoms. The lowest BCUT2D eigenvalue weighted by Gasteiger charge is -2.30. The van der Waals surface area contributed by atoms with Crippen molar-refractivity contribution < 1.29 is 14.4 Å². The molecule has 0 saturated carbocycles. The van der Waals surface area contributed by atoms with Crippen molar-refractivity contribution in [3.05, 3.63) is 11.7 Å². The summed E-state index contributed by atoms with van der Waals surface area (Å²) in [6.45, 7) is 5.22. The molecule has 1 saturated heterocycles. The van der Waals surface area contributed by atoms with E-state index in [0.717, 1.165) is 44.7 Å². The predicted octanol–water partition coefficient (Wildman–Crippen LogP) is 0.605. The van der Waals surface area contributed by atoms with E-state index in [1.807, 2.05) is 6.92 Å². The van der Waals surface area contributed by atoms with Gasteiger partial charge in [0.25, 0.3) is 0 Å². The zero-order chi connectivity index (χ0) is 12.8. The van der Waals surface area contributed by atoms with Gasteiger partial charge in [0.1, 0.15) is 0 Å². The third-order valence-electron chi connectivity index (χ3n) is 3.16. The van der Waals surface area contributed by atoms with Gasteiger partial charge in [-0.25, -0.2) is 0 Å². The quantitative estimate of drug-likeness (QED) is 0.803. The van der Waals surface area contributed by atoms with E-state index in [4.69, 9.17) is 14.4 Å². The van der Waals surface area contributed by atoms with Gasteiger partial charge in [-0.3, -0.25) is 4.90 Å². The summed E-state index contributed by atoms with van der Waals surface area (Å²) in [5, 5.41) is 12.6. The summed E-state index contributed by atoms with van der Waals surface area (Å²) in [6.07, 6.45) is 3.08. The lowest BCUT2D eigenvalue weighted by Crippen LogP contribution is -2.37. The maximum absolute atomic E-state index is 8.71. The van der Waals surface area contributed by atoms with Gasteiger partial charge >= 0.3 is 0 Å². The second-order valence-electron chi connectivity index (χ2n) is 4.53. The molecule has 0 aromatic carbocycles. The Balaban J connectivity index is 1.73. The summed E-state index contributed by atoms with van der Waals surface area (Å²) in [7, 11) is 0. The summed E-state index contributed by atoms with van der Waals surface area (Å²) in [5.74, 6) is 1.47. The van der Waals surface area contributed by atoms with Gasteiger partial charge in [0.2, 0.25) is 5.89 Å². The minimum Gasteiger partial charge on any atom is -0.394 e. The van der Waals surface area contributed by atoms with E-state index >= 15 is 0 Å². The van der Waals surface area contributed by atoms with Crippen molar-refractivity contribution in [2.24, 2.45) is 0 Å². The van der Waals surface area contributed by atoms with Crippen molar-refractivity contribution in [3.63, 3.8) is 0 Å². The second kappa shape index (κ2) is 6.82. The Hall–Kier alpha value is -0.980. The van der Waals surface area contributed by atoms with Gasteiger partial charge < -0.3 is 14.4 Å². The summed E-state index contributed by atoms with van der Waals surface area (Å²) >= 11 is 0. The topological polar surface area (TPSA) is 71.6 Å². The number of hydrogen-bond acceptors (Lipinski definition) is 6. The van der Waals surface area contributed by atoms with Crippen LogP contribution >= 0.6 is 0 Å². The Morgan fingerprint density at radius 2 is 2.22 bits per heavy atom. The highest BCUT2D eigenvalue weighted by Crippen LogP contribution is 2.15. The minimum absolute atomic E-state index is 0.0992. The fourth-order valence-electron chi connectivity index (χ4n) is 2.14. The number of likely N-dealkylation sites (tertiary alicyclic amines) is 1. The predicted molar refractivity (Wildman–Crippen MR) is 65.0 cm³/mol.